The molecule has 0 unspecified atom stereocenters. The molecule has 0 saturated carbocycles. The van der Waals surface area contributed by atoms with Gasteiger partial charge in [0.1, 0.15) is 11.5 Å². The largest absolute Gasteiger partial charge is 0.497 e. The summed E-state index contributed by atoms with van der Waals surface area (Å²) in [6.07, 6.45) is 0.702. The number of hydrogen-bond donors (Lipinski definition) is 1. The zero-order chi connectivity index (χ0) is 15.1. The fourth-order valence-corrected chi connectivity index (χ4v) is 2.76. The van der Waals surface area contributed by atoms with E-state index >= 15 is 0 Å². The Morgan fingerprint density at radius 1 is 1.14 bits per heavy atom. The summed E-state index contributed by atoms with van der Waals surface area (Å²) >= 11 is 1.50. The van der Waals surface area contributed by atoms with Crippen molar-refractivity contribution in [2.24, 2.45) is 0 Å². The minimum Gasteiger partial charge on any atom is -0.497 e. The number of thiazole rings is 1. The number of aliphatic hydroxyl groups excluding tert-OH is 1. The van der Waals surface area contributed by atoms with Crippen LogP contribution in [0.3, 0.4) is 0 Å². The van der Waals surface area contributed by atoms with Crippen LogP contribution in [0.1, 0.15) is 15.6 Å². The molecule has 0 aliphatic rings. The maximum absolute atomic E-state index is 9.28. The summed E-state index contributed by atoms with van der Waals surface area (Å²) in [5.41, 5.74) is 0.810. The highest BCUT2D eigenvalue weighted by Crippen LogP contribution is 2.21. The molecule has 0 saturated heterocycles. The number of hydrogen-bond acceptors (Lipinski definition) is 6. The summed E-state index contributed by atoms with van der Waals surface area (Å²) in [5.74, 6) is 1.60. The third-order valence-electron chi connectivity index (χ3n) is 2.89. The lowest BCUT2D eigenvalue weighted by molar-refractivity contribution is 0.178. The smallest absolute Gasteiger partial charge is 0.119 e. The molecule has 1 N–H and O–H groups in total. The molecule has 0 fully saturated rings. The van der Waals surface area contributed by atoms with Crippen molar-refractivity contribution in [3.05, 3.63) is 39.8 Å². The van der Waals surface area contributed by atoms with E-state index in [9.17, 15) is 5.11 Å². The Kier molecular flexibility index (Phi) is 5.98. The Balaban J connectivity index is 1.87. The lowest BCUT2D eigenvalue weighted by atomic mass is 10.3. The third kappa shape index (κ3) is 4.42. The molecular weight excluding hydrogens is 290 g/mol. The van der Waals surface area contributed by atoms with Gasteiger partial charge in [-0.1, -0.05) is 0 Å². The lowest BCUT2D eigenvalue weighted by Crippen LogP contribution is -2.01. The number of aliphatic hydroxyl groups is 1. The molecule has 114 valence electrons. The zero-order valence-corrected chi connectivity index (χ0v) is 13.0. The number of ether oxygens (including phenoxy) is 3. The molecule has 5 nitrogen and oxygen atoms in total. The summed E-state index contributed by atoms with van der Waals surface area (Å²) in [7, 11) is 3.25. The van der Waals surface area contributed by atoms with Crippen molar-refractivity contribution in [3.8, 4) is 11.5 Å². The topological polar surface area (TPSA) is 60.8 Å². The van der Waals surface area contributed by atoms with E-state index in [1.807, 2.05) is 24.3 Å². The second-order valence-electron chi connectivity index (χ2n) is 4.34. The van der Waals surface area contributed by atoms with Crippen LogP contribution >= 0.6 is 11.3 Å². The van der Waals surface area contributed by atoms with E-state index in [4.69, 9.17) is 14.2 Å². The van der Waals surface area contributed by atoms with Gasteiger partial charge in [0, 0.05) is 13.5 Å². The standard InChI is InChI=1S/C15H19NO4S/c1-18-10-13-14(9-17)21-15(16-13)7-8-20-12-5-3-11(19-2)4-6-12/h3-6,17H,7-10H2,1-2H3. The van der Waals surface area contributed by atoms with Crippen molar-refractivity contribution in [2.75, 3.05) is 20.8 Å². The summed E-state index contributed by atoms with van der Waals surface area (Å²) in [6, 6.07) is 7.46. The highest BCUT2D eigenvalue weighted by Gasteiger charge is 2.10. The predicted octanol–water partition coefficient (Wildman–Crippen LogP) is 2.41. The van der Waals surface area contributed by atoms with Gasteiger partial charge in [-0.2, -0.15) is 0 Å². The van der Waals surface area contributed by atoms with Crippen LogP contribution in [0.4, 0.5) is 0 Å². The molecule has 2 rings (SSSR count). The molecule has 0 aliphatic carbocycles. The first-order valence-electron chi connectivity index (χ1n) is 6.61. The summed E-state index contributed by atoms with van der Waals surface area (Å²) in [6.45, 7) is 0.957. The van der Waals surface area contributed by atoms with E-state index < -0.39 is 0 Å². The fraction of sp³-hybridized carbons (Fsp3) is 0.400. The van der Waals surface area contributed by atoms with Gasteiger partial charge >= 0.3 is 0 Å². The molecular formula is C15H19NO4S. The number of methoxy groups -OCH3 is 2. The van der Waals surface area contributed by atoms with Gasteiger partial charge in [-0.25, -0.2) is 4.98 Å². The molecule has 1 heterocycles. The molecule has 0 radical (unpaired) electrons. The Hall–Kier alpha value is -1.63. The maximum Gasteiger partial charge on any atom is 0.119 e. The second kappa shape index (κ2) is 7.97. The molecule has 0 bridgehead atoms. The van der Waals surface area contributed by atoms with Crippen LogP contribution in [-0.4, -0.2) is 30.9 Å². The normalized spacial score (nSPS) is 10.6. The minimum atomic E-state index is -0.00427. The van der Waals surface area contributed by atoms with E-state index in [2.05, 4.69) is 4.98 Å². The van der Waals surface area contributed by atoms with Crippen LogP contribution in [0.15, 0.2) is 24.3 Å². The van der Waals surface area contributed by atoms with E-state index in [1.165, 1.54) is 11.3 Å². The van der Waals surface area contributed by atoms with Crippen molar-refractivity contribution < 1.29 is 19.3 Å². The van der Waals surface area contributed by atoms with Gasteiger partial charge in [0.15, 0.2) is 0 Å². The Labute approximate surface area is 128 Å². The summed E-state index contributed by atoms with van der Waals surface area (Å²) < 4.78 is 15.8. The highest BCUT2D eigenvalue weighted by atomic mass is 32.1. The summed E-state index contributed by atoms with van der Waals surface area (Å²) in [5, 5.41) is 10.2. The molecule has 2 aromatic rings. The van der Waals surface area contributed by atoms with Crippen molar-refractivity contribution in [1.29, 1.82) is 0 Å². The Morgan fingerprint density at radius 3 is 2.48 bits per heavy atom. The van der Waals surface area contributed by atoms with Gasteiger partial charge in [0.2, 0.25) is 0 Å². The van der Waals surface area contributed by atoms with Crippen molar-refractivity contribution in [1.82, 2.24) is 4.98 Å². The first kappa shape index (κ1) is 15.8. The molecule has 21 heavy (non-hydrogen) atoms. The first-order chi connectivity index (χ1) is 10.3. The van der Waals surface area contributed by atoms with Crippen LogP contribution in [0.25, 0.3) is 0 Å². The maximum atomic E-state index is 9.28. The molecule has 1 aromatic heterocycles. The van der Waals surface area contributed by atoms with Crippen LogP contribution in [0.5, 0.6) is 11.5 Å². The van der Waals surface area contributed by atoms with Crippen LogP contribution < -0.4 is 9.47 Å². The van der Waals surface area contributed by atoms with Crippen molar-refractivity contribution in [2.45, 2.75) is 19.6 Å². The van der Waals surface area contributed by atoms with Crippen molar-refractivity contribution in [3.63, 3.8) is 0 Å². The first-order valence-corrected chi connectivity index (χ1v) is 7.42. The Bertz CT molecular complexity index is 553. The van der Waals surface area contributed by atoms with Crippen LogP contribution in [0.2, 0.25) is 0 Å². The van der Waals surface area contributed by atoms with E-state index in [0.29, 0.717) is 19.6 Å². The fourth-order valence-electron chi connectivity index (χ4n) is 1.84. The molecule has 1 aromatic carbocycles. The van der Waals surface area contributed by atoms with Crippen LogP contribution in [-0.2, 0) is 24.4 Å². The molecule has 0 atom stereocenters. The van der Waals surface area contributed by atoms with Gasteiger partial charge in [0.05, 0.1) is 42.5 Å². The molecule has 6 heteroatoms. The van der Waals surface area contributed by atoms with Gasteiger partial charge in [-0.3, -0.25) is 0 Å². The van der Waals surface area contributed by atoms with E-state index in [0.717, 1.165) is 27.1 Å². The summed E-state index contributed by atoms with van der Waals surface area (Å²) in [4.78, 5) is 5.32. The molecule has 0 aliphatic heterocycles. The number of rotatable bonds is 8. The average molecular weight is 309 g/mol. The highest BCUT2D eigenvalue weighted by molar-refractivity contribution is 7.11. The van der Waals surface area contributed by atoms with Gasteiger partial charge in [-0.05, 0) is 24.3 Å². The average Bonchev–Trinajstić information content (AvgIpc) is 2.90. The quantitative estimate of drug-likeness (QED) is 0.811. The number of aromatic nitrogens is 1. The van der Waals surface area contributed by atoms with Crippen molar-refractivity contribution >= 4 is 11.3 Å². The third-order valence-corrected chi connectivity index (χ3v) is 4.03. The van der Waals surface area contributed by atoms with E-state index in [1.54, 1.807) is 14.2 Å². The lowest BCUT2D eigenvalue weighted by Gasteiger charge is -2.05. The number of nitrogens with zero attached hydrogens (tertiary/aromatic N) is 1. The minimum absolute atomic E-state index is 0.00427. The second-order valence-corrected chi connectivity index (χ2v) is 5.51. The van der Waals surface area contributed by atoms with Crippen LogP contribution in [0, 0.1) is 0 Å². The van der Waals surface area contributed by atoms with Gasteiger partial charge in [0.25, 0.3) is 0 Å². The zero-order valence-electron chi connectivity index (χ0n) is 12.2. The molecule has 0 amide bonds. The van der Waals surface area contributed by atoms with E-state index in [-0.39, 0.29) is 6.61 Å². The van der Waals surface area contributed by atoms with Gasteiger partial charge in [-0.15, -0.1) is 11.3 Å². The Morgan fingerprint density at radius 2 is 1.86 bits per heavy atom. The predicted molar refractivity (Wildman–Crippen MR) is 80.9 cm³/mol. The van der Waals surface area contributed by atoms with Gasteiger partial charge < -0.3 is 19.3 Å². The SMILES string of the molecule is COCc1nc(CCOc2ccc(OC)cc2)sc1CO. The monoisotopic (exact) mass is 309 g/mol. The molecule has 0 spiro atoms. The number of benzene rings is 1.